The van der Waals surface area contributed by atoms with Crippen molar-refractivity contribution < 1.29 is 39.5 Å². The zero-order valence-corrected chi connectivity index (χ0v) is 12.4. The lowest BCUT2D eigenvalue weighted by molar-refractivity contribution is -0.141. The van der Waals surface area contributed by atoms with Gasteiger partial charge in [0.25, 0.3) is 0 Å². The zero-order chi connectivity index (χ0) is 20.1. The summed E-state index contributed by atoms with van der Waals surface area (Å²) >= 11 is 0. The third-order valence-corrected chi connectivity index (χ3v) is 3.44. The van der Waals surface area contributed by atoms with Crippen LogP contribution < -0.4 is 11.5 Å². The molecule has 0 unspecified atom stereocenters. The SMILES string of the molecule is Nc1ccc(-c2cc(C(F)(F)F)c(N)cc2C(F)(F)F)c(C(F)(F)F)c1. The van der Waals surface area contributed by atoms with Crippen molar-refractivity contribution in [2.45, 2.75) is 18.5 Å². The Kier molecular flexibility index (Phi) is 4.55. The number of nitrogens with two attached hydrogens (primary N) is 2. The van der Waals surface area contributed by atoms with E-state index in [0.717, 1.165) is 6.07 Å². The Labute approximate surface area is 140 Å². The van der Waals surface area contributed by atoms with E-state index in [4.69, 9.17) is 11.5 Å². The summed E-state index contributed by atoms with van der Waals surface area (Å²) in [5, 5.41) is 0. The standard InChI is InChI=1S/C15H9F9N2/c16-13(17,18)9-3-6(25)1-2-7(9)8-4-11(15(22,23)24)12(26)5-10(8)14(19,20)21/h1-5H,25-26H2. The van der Waals surface area contributed by atoms with Gasteiger partial charge in [-0.3, -0.25) is 0 Å². The van der Waals surface area contributed by atoms with E-state index in [1.54, 1.807) is 0 Å². The van der Waals surface area contributed by atoms with E-state index < -0.39 is 57.7 Å². The predicted octanol–water partition coefficient (Wildman–Crippen LogP) is 5.57. The van der Waals surface area contributed by atoms with Crippen LogP contribution in [0.15, 0.2) is 30.3 Å². The highest BCUT2D eigenvalue weighted by Crippen LogP contribution is 2.46. The Morgan fingerprint density at radius 2 is 1.00 bits per heavy atom. The van der Waals surface area contributed by atoms with Crippen LogP contribution in [0.25, 0.3) is 11.1 Å². The van der Waals surface area contributed by atoms with Crippen LogP contribution in [0, 0.1) is 0 Å². The van der Waals surface area contributed by atoms with Crippen LogP contribution in [-0.4, -0.2) is 0 Å². The smallest absolute Gasteiger partial charge is 0.399 e. The molecule has 0 aliphatic rings. The summed E-state index contributed by atoms with van der Waals surface area (Å²) in [6, 6.07) is 1.71. The van der Waals surface area contributed by atoms with Crippen LogP contribution in [0.5, 0.6) is 0 Å². The first kappa shape index (κ1) is 19.7. The van der Waals surface area contributed by atoms with Gasteiger partial charge in [-0.2, -0.15) is 39.5 Å². The third kappa shape index (κ3) is 3.81. The molecule has 26 heavy (non-hydrogen) atoms. The first-order valence-corrected chi connectivity index (χ1v) is 6.67. The first-order valence-electron chi connectivity index (χ1n) is 6.67. The second-order valence-electron chi connectivity index (χ2n) is 5.28. The number of rotatable bonds is 1. The highest BCUT2D eigenvalue weighted by Gasteiger charge is 2.41. The minimum atomic E-state index is -5.24. The van der Waals surface area contributed by atoms with Crippen molar-refractivity contribution in [3.63, 3.8) is 0 Å². The molecule has 0 bridgehead atoms. The van der Waals surface area contributed by atoms with Gasteiger partial charge in [0.15, 0.2) is 0 Å². The van der Waals surface area contributed by atoms with Gasteiger partial charge in [0, 0.05) is 11.4 Å². The highest BCUT2D eigenvalue weighted by atomic mass is 19.4. The van der Waals surface area contributed by atoms with Crippen molar-refractivity contribution in [3.8, 4) is 11.1 Å². The molecule has 2 aromatic carbocycles. The van der Waals surface area contributed by atoms with Crippen molar-refractivity contribution in [2.75, 3.05) is 11.5 Å². The number of benzene rings is 2. The van der Waals surface area contributed by atoms with Crippen molar-refractivity contribution in [1.29, 1.82) is 0 Å². The van der Waals surface area contributed by atoms with Crippen LogP contribution in [0.1, 0.15) is 16.7 Å². The zero-order valence-electron chi connectivity index (χ0n) is 12.4. The second kappa shape index (κ2) is 5.99. The average Bonchev–Trinajstić information content (AvgIpc) is 2.44. The summed E-state index contributed by atoms with van der Waals surface area (Å²) in [7, 11) is 0. The van der Waals surface area contributed by atoms with Gasteiger partial charge in [-0.25, -0.2) is 0 Å². The molecule has 0 fully saturated rings. The Bertz CT molecular complexity index is 833. The summed E-state index contributed by atoms with van der Waals surface area (Å²) in [6.45, 7) is 0. The average molecular weight is 388 g/mol. The molecule has 0 saturated heterocycles. The summed E-state index contributed by atoms with van der Waals surface area (Å²) in [5.74, 6) is 0. The van der Waals surface area contributed by atoms with Crippen molar-refractivity contribution in [1.82, 2.24) is 0 Å². The molecule has 0 radical (unpaired) electrons. The molecule has 0 saturated carbocycles. The van der Waals surface area contributed by atoms with E-state index in [1.807, 2.05) is 0 Å². The molecule has 0 heterocycles. The Morgan fingerprint density at radius 3 is 1.46 bits per heavy atom. The number of hydrogen-bond acceptors (Lipinski definition) is 2. The second-order valence-corrected chi connectivity index (χ2v) is 5.28. The summed E-state index contributed by atoms with van der Waals surface area (Å²) in [6.07, 6.45) is -15.5. The van der Waals surface area contributed by atoms with E-state index in [-0.39, 0.29) is 12.1 Å². The number of alkyl halides is 9. The molecule has 2 nitrogen and oxygen atoms in total. The van der Waals surface area contributed by atoms with Crippen LogP contribution in [0.2, 0.25) is 0 Å². The fourth-order valence-electron chi connectivity index (χ4n) is 2.35. The van der Waals surface area contributed by atoms with Crippen molar-refractivity contribution in [2.24, 2.45) is 0 Å². The summed E-state index contributed by atoms with van der Waals surface area (Å²) in [4.78, 5) is 0. The Hall–Kier alpha value is -2.59. The van der Waals surface area contributed by atoms with E-state index in [9.17, 15) is 39.5 Å². The molecule has 0 aliphatic carbocycles. The molecule has 11 heteroatoms. The van der Waals surface area contributed by atoms with Gasteiger partial charge in [0.1, 0.15) is 0 Å². The predicted molar refractivity (Wildman–Crippen MR) is 75.7 cm³/mol. The summed E-state index contributed by atoms with van der Waals surface area (Å²) in [5.41, 5.74) is 1.21. The number of hydrogen-bond donors (Lipinski definition) is 2. The van der Waals surface area contributed by atoms with Gasteiger partial charge in [-0.1, -0.05) is 6.07 Å². The molecule has 0 spiro atoms. The molecule has 2 rings (SSSR count). The molecule has 142 valence electrons. The van der Waals surface area contributed by atoms with Gasteiger partial charge in [0.05, 0.1) is 16.7 Å². The van der Waals surface area contributed by atoms with Crippen molar-refractivity contribution >= 4 is 11.4 Å². The van der Waals surface area contributed by atoms with E-state index in [2.05, 4.69) is 0 Å². The lowest BCUT2D eigenvalue weighted by atomic mass is 9.91. The molecule has 4 N–H and O–H groups in total. The molecular weight excluding hydrogens is 379 g/mol. The molecule has 0 amide bonds. The molecule has 0 aliphatic heterocycles. The third-order valence-electron chi connectivity index (χ3n) is 3.44. The highest BCUT2D eigenvalue weighted by molar-refractivity contribution is 5.77. The van der Waals surface area contributed by atoms with Crippen LogP contribution in [-0.2, 0) is 18.5 Å². The van der Waals surface area contributed by atoms with Gasteiger partial charge < -0.3 is 11.5 Å². The maximum Gasteiger partial charge on any atom is 0.418 e. The van der Waals surface area contributed by atoms with Crippen LogP contribution in [0.3, 0.4) is 0 Å². The molecule has 2 aromatic rings. The lowest BCUT2D eigenvalue weighted by Gasteiger charge is -2.21. The largest absolute Gasteiger partial charge is 0.418 e. The number of anilines is 2. The normalized spacial score (nSPS) is 13.1. The quantitative estimate of drug-likeness (QED) is 0.495. The molecule has 0 atom stereocenters. The van der Waals surface area contributed by atoms with Gasteiger partial charge >= 0.3 is 18.5 Å². The first-order chi connectivity index (χ1) is 11.6. The van der Waals surface area contributed by atoms with Gasteiger partial charge in [0.2, 0.25) is 0 Å². The Balaban J connectivity index is 2.93. The molecular formula is C15H9F9N2. The summed E-state index contributed by atoms with van der Waals surface area (Å²) < 4.78 is 118. The van der Waals surface area contributed by atoms with Crippen molar-refractivity contribution in [3.05, 3.63) is 47.0 Å². The van der Waals surface area contributed by atoms with Crippen LogP contribution >= 0.6 is 0 Å². The monoisotopic (exact) mass is 388 g/mol. The fourth-order valence-corrected chi connectivity index (χ4v) is 2.35. The Morgan fingerprint density at radius 1 is 0.538 bits per heavy atom. The van der Waals surface area contributed by atoms with Gasteiger partial charge in [-0.05, 0) is 35.4 Å². The molecule has 0 aromatic heterocycles. The van der Waals surface area contributed by atoms with Gasteiger partial charge in [-0.15, -0.1) is 0 Å². The van der Waals surface area contributed by atoms with E-state index in [0.29, 0.717) is 12.1 Å². The van der Waals surface area contributed by atoms with E-state index in [1.165, 1.54) is 0 Å². The minimum Gasteiger partial charge on any atom is -0.399 e. The maximum atomic E-state index is 13.2. The lowest BCUT2D eigenvalue weighted by Crippen LogP contribution is -2.16. The minimum absolute atomic E-state index is 0.0331. The fraction of sp³-hybridized carbons (Fsp3) is 0.200. The topological polar surface area (TPSA) is 52.0 Å². The number of halogens is 9. The maximum absolute atomic E-state index is 13.2. The number of nitrogen functional groups attached to an aromatic ring is 2. The van der Waals surface area contributed by atoms with Crippen LogP contribution in [0.4, 0.5) is 50.9 Å². The van der Waals surface area contributed by atoms with E-state index >= 15 is 0 Å².